The fraction of sp³-hybridized carbons (Fsp3) is 0.727. The summed E-state index contributed by atoms with van der Waals surface area (Å²) in [5.74, 6) is 2.20. The molecule has 0 aromatic heterocycles. The first kappa shape index (κ1) is 8.03. The topological polar surface area (TPSA) is 17.1 Å². The second-order valence-corrected chi connectivity index (χ2v) is 4.45. The Labute approximate surface area is 73.8 Å². The summed E-state index contributed by atoms with van der Waals surface area (Å²) < 4.78 is 0. The normalized spacial score (nSPS) is 37.8. The molecule has 2 aliphatic rings. The van der Waals surface area contributed by atoms with Gasteiger partial charge in [-0.25, -0.2) is 0 Å². The Kier molecular flexibility index (Phi) is 1.82. The van der Waals surface area contributed by atoms with Crippen LogP contribution in [0.4, 0.5) is 0 Å². The zero-order valence-electron chi connectivity index (χ0n) is 7.84. The summed E-state index contributed by atoms with van der Waals surface area (Å²) >= 11 is 0. The van der Waals surface area contributed by atoms with Crippen LogP contribution in [0.15, 0.2) is 11.6 Å². The first-order valence-corrected chi connectivity index (χ1v) is 4.85. The highest BCUT2D eigenvalue weighted by molar-refractivity contribution is 5.88. The Balaban J connectivity index is 1.90. The SMILES string of the molecule is CC(C)=CC[C@H]1C[C@@H]2C[C@@H]2C1=O. The molecular weight excluding hydrogens is 148 g/mol. The predicted octanol–water partition coefficient (Wildman–Crippen LogP) is 2.57. The summed E-state index contributed by atoms with van der Waals surface area (Å²) in [5.41, 5.74) is 1.34. The number of Topliss-reactive ketones (excluding diaryl/α,β-unsaturated/α-hetero) is 1. The lowest BCUT2D eigenvalue weighted by molar-refractivity contribution is -0.122. The molecule has 0 radical (unpaired) electrons. The fourth-order valence-corrected chi connectivity index (χ4v) is 2.23. The van der Waals surface area contributed by atoms with Crippen LogP contribution in [0.3, 0.4) is 0 Å². The molecule has 1 heteroatoms. The molecular formula is C11H16O. The van der Waals surface area contributed by atoms with E-state index >= 15 is 0 Å². The van der Waals surface area contributed by atoms with Crippen LogP contribution in [0, 0.1) is 17.8 Å². The first-order valence-electron chi connectivity index (χ1n) is 4.85. The standard InChI is InChI=1S/C11H16O/c1-7(2)3-4-8-5-9-6-10(9)11(8)12/h3,8-10H,4-6H2,1-2H3/t8-,9+,10-/m0/s1. The molecule has 2 aliphatic carbocycles. The number of fused-ring (bicyclic) bond motifs is 1. The molecule has 2 fully saturated rings. The fourth-order valence-electron chi connectivity index (χ4n) is 2.23. The summed E-state index contributed by atoms with van der Waals surface area (Å²) in [6.07, 6.45) is 5.57. The van der Waals surface area contributed by atoms with Crippen molar-refractivity contribution in [2.24, 2.45) is 17.8 Å². The minimum absolute atomic E-state index is 0.378. The second kappa shape index (κ2) is 2.72. The van der Waals surface area contributed by atoms with Crippen LogP contribution in [-0.2, 0) is 4.79 Å². The Morgan fingerprint density at radius 3 is 2.75 bits per heavy atom. The average molecular weight is 164 g/mol. The lowest BCUT2D eigenvalue weighted by Gasteiger charge is -2.06. The number of carbonyl (C=O) groups excluding carboxylic acids is 1. The maximum Gasteiger partial charge on any atom is 0.139 e. The van der Waals surface area contributed by atoms with E-state index in [9.17, 15) is 4.79 Å². The van der Waals surface area contributed by atoms with E-state index in [-0.39, 0.29) is 0 Å². The van der Waals surface area contributed by atoms with Crippen LogP contribution in [0.5, 0.6) is 0 Å². The van der Waals surface area contributed by atoms with E-state index < -0.39 is 0 Å². The minimum atomic E-state index is 0.378. The van der Waals surface area contributed by atoms with E-state index in [1.165, 1.54) is 18.4 Å². The first-order chi connectivity index (χ1) is 5.68. The molecule has 0 unspecified atom stereocenters. The van der Waals surface area contributed by atoms with Crippen molar-refractivity contribution in [2.45, 2.75) is 33.1 Å². The number of carbonyl (C=O) groups is 1. The van der Waals surface area contributed by atoms with Gasteiger partial charge in [-0.15, -0.1) is 0 Å². The number of hydrogen-bond donors (Lipinski definition) is 0. The Morgan fingerprint density at radius 1 is 1.50 bits per heavy atom. The van der Waals surface area contributed by atoms with Crippen LogP contribution >= 0.6 is 0 Å². The monoisotopic (exact) mass is 164 g/mol. The molecule has 0 N–H and O–H groups in total. The molecule has 0 aliphatic heterocycles. The minimum Gasteiger partial charge on any atom is -0.299 e. The molecule has 0 aromatic carbocycles. The third-order valence-corrected chi connectivity index (χ3v) is 3.09. The van der Waals surface area contributed by atoms with Crippen LogP contribution in [0.2, 0.25) is 0 Å². The molecule has 1 nitrogen and oxygen atoms in total. The molecule has 66 valence electrons. The second-order valence-electron chi connectivity index (χ2n) is 4.45. The third kappa shape index (κ3) is 1.33. The van der Waals surface area contributed by atoms with Gasteiger partial charge in [0.25, 0.3) is 0 Å². The van der Waals surface area contributed by atoms with Crippen LogP contribution in [0.1, 0.15) is 33.1 Å². The third-order valence-electron chi connectivity index (χ3n) is 3.09. The van der Waals surface area contributed by atoms with Gasteiger partial charge in [-0.3, -0.25) is 4.79 Å². The number of hydrogen-bond acceptors (Lipinski definition) is 1. The van der Waals surface area contributed by atoms with Gasteiger partial charge in [0.2, 0.25) is 0 Å². The summed E-state index contributed by atoms with van der Waals surface area (Å²) in [4.78, 5) is 11.5. The average Bonchev–Trinajstić information content (AvgIpc) is 2.70. The van der Waals surface area contributed by atoms with Crippen molar-refractivity contribution in [1.82, 2.24) is 0 Å². The molecule has 0 spiro atoms. The summed E-state index contributed by atoms with van der Waals surface area (Å²) in [7, 11) is 0. The van der Waals surface area contributed by atoms with Crippen molar-refractivity contribution in [1.29, 1.82) is 0 Å². The maximum absolute atomic E-state index is 11.5. The Bertz CT molecular complexity index is 235. The number of allylic oxidation sites excluding steroid dienone is 2. The molecule has 0 bridgehead atoms. The smallest absolute Gasteiger partial charge is 0.139 e. The van der Waals surface area contributed by atoms with Crippen molar-refractivity contribution >= 4 is 5.78 Å². The van der Waals surface area contributed by atoms with Gasteiger partial charge in [-0.2, -0.15) is 0 Å². The molecule has 0 amide bonds. The summed E-state index contributed by atoms with van der Waals surface area (Å²) in [6, 6.07) is 0. The zero-order valence-corrected chi connectivity index (χ0v) is 7.84. The van der Waals surface area contributed by atoms with Gasteiger partial charge in [0.1, 0.15) is 5.78 Å². The van der Waals surface area contributed by atoms with Gasteiger partial charge < -0.3 is 0 Å². The van der Waals surface area contributed by atoms with Gasteiger partial charge in [0, 0.05) is 11.8 Å². The Hall–Kier alpha value is -0.590. The molecule has 2 rings (SSSR count). The number of ketones is 1. The highest BCUT2D eigenvalue weighted by Crippen LogP contribution is 2.52. The van der Waals surface area contributed by atoms with Gasteiger partial charge in [0.05, 0.1) is 0 Å². The molecule has 3 atom stereocenters. The van der Waals surface area contributed by atoms with E-state index in [0.717, 1.165) is 12.3 Å². The van der Waals surface area contributed by atoms with Crippen molar-refractivity contribution in [3.8, 4) is 0 Å². The van der Waals surface area contributed by atoms with E-state index in [1.54, 1.807) is 0 Å². The van der Waals surface area contributed by atoms with E-state index in [0.29, 0.717) is 17.6 Å². The van der Waals surface area contributed by atoms with Crippen molar-refractivity contribution in [3.63, 3.8) is 0 Å². The molecule has 2 saturated carbocycles. The summed E-state index contributed by atoms with van der Waals surface area (Å²) in [5, 5.41) is 0. The van der Waals surface area contributed by atoms with Gasteiger partial charge in [-0.1, -0.05) is 11.6 Å². The molecule has 0 aromatic rings. The van der Waals surface area contributed by atoms with Gasteiger partial charge >= 0.3 is 0 Å². The molecule has 0 heterocycles. The largest absolute Gasteiger partial charge is 0.299 e. The van der Waals surface area contributed by atoms with Gasteiger partial charge in [-0.05, 0) is 39.0 Å². The van der Waals surface area contributed by atoms with Crippen molar-refractivity contribution in [2.75, 3.05) is 0 Å². The lowest BCUT2D eigenvalue weighted by Crippen LogP contribution is -2.09. The quantitative estimate of drug-likeness (QED) is 0.573. The molecule has 12 heavy (non-hydrogen) atoms. The van der Waals surface area contributed by atoms with E-state index in [2.05, 4.69) is 19.9 Å². The van der Waals surface area contributed by atoms with Gasteiger partial charge in [0.15, 0.2) is 0 Å². The molecule has 0 saturated heterocycles. The van der Waals surface area contributed by atoms with Crippen molar-refractivity contribution in [3.05, 3.63) is 11.6 Å². The van der Waals surface area contributed by atoms with E-state index in [4.69, 9.17) is 0 Å². The van der Waals surface area contributed by atoms with Crippen LogP contribution in [0.25, 0.3) is 0 Å². The van der Waals surface area contributed by atoms with E-state index in [1.807, 2.05) is 0 Å². The van der Waals surface area contributed by atoms with Crippen molar-refractivity contribution < 1.29 is 4.79 Å². The Morgan fingerprint density at radius 2 is 2.25 bits per heavy atom. The lowest BCUT2D eigenvalue weighted by atomic mass is 9.97. The highest BCUT2D eigenvalue weighted by Gasteiger charge is 2.52. The van der Waals surface area contributed by atoms with Crippen LogP contribution in [-0.4, -0.2) is 5.78 Å². The maximum atomic E-state index is 11.5. The zero-order chi connectivity index (χ0) is 8.72. The predicted molar refractivity (Wildman–Crippen MR) is 48.8 cm³/mol. The summed E-state index contributed by atoms with van der Waals surface area (Å²) in [6.45, 7) is 4.19. The van der Waals surface area contributed by atoms with Crippen LogP contribution < -0.4 is 0 Å². The number of rotatable bonds is 2. The highest BCUT2D eigenvalue weighted by atomic mass is 16.1.